The first-order valence-electron chi connectivity index (χ1n) is 6.97. The van der Waals surface area contributed by atoms with E-state index in [4.69, 9.17) is 4.98 Å². The average Bonchev–Trinajstić information content (AvgIpc) is 2.91. The van der Waals surface area contributed by atoms with Gasteiger partial charge in [-0.05, 0) is 44.2 Å². The molecule has 0 saturated heterocycles. The van der Waals surface area contributed by atoms with E-state index in [9.17, 15) is 0 Å². The Hall–Kier alpha value is -1.62. The van der Waals surface area contributed by atoms with Gasteiger partial charge in [0.05, 0.1) is 6.04 Å². The predicted molar refractivity (Wildman–Crippen MR) is 84.8 cm³/mol. The van der Waals surface area contributed by atoms with Crippen LogP contribution in [0.4, 0.5) is 11.6 Å². The van der Waals surface area contributed by atoms with E-state index in [-0.39, 0.29) is 0 Å². The van der Waals surface area contributed by atoms with E-state index >= 15 is 0 Å². The van der Waals surface area contributed by atoms with Gasteiger partial charge in [0.1, 0.15) is 17.5 Å². The van der Waals surface area contributed by atoms with Crippen LogP contribution in [-0.4, -0.2) is 23.6 Å². The Kier molecular flexibility index (Phi) is 3.38. The highest BCUT2D eigenvalue weighted by Gasteiger charge is 2.27. The SMILES string of the molecule is CNc1nc(C)nc(N2CCc3sccc3C2C)c1C. The molecule has 3 rings (SSSR count). The van der Waals surface area contributed by atoms with Gasteiger partial charge >= 0.3 is 0 Å². The number of nitrogens with one attached hydrogen (secondary N) is 1. The average molecular weight is 288 g/mol. The van der Waals surface area contributed by atoms with Crippen LogP contribution in [0.3, 0.4) is 0 Å². The summed E-state index contributed by atoms with van der Waals surface area (Å²) >= 11 is 1.87. The standard InChI is InChI=1S/C15H20N4S/c1-9-14(16-4)17-11(3)18-15(9)19-7-5-13-12(10(19)2)6-8-20-13/h6,8,10H,5,7H2,1-4H3,(H,16,17,18). The van der Waals surface area contributed by atoms with Gasteiger partial charge in [-0.3, -0.25) is 0 Å². The molecule has 0 spiro atoms. The number of hydrogen-bond donors (Lipinski definition) is 1. The summed E-state index contributed by atoms with van der Waals surface area (Å²) in [5, 5.41) is 5.37. The van der Waals surface area contributed by atoms with E-state index in [1.54, 1.807) is 0 Å². The summed E-state index contributed by atoms with van der Waals surface area (Å²) in [6, 6.07) is 2.63. The zero-order valence-electron chi connectivity index (χ0n) is 12.4. The molecular weight excluding hydrogens is 268 g/mol. The molecule has 5 heteroatoms. The number of nitrogens with zero attached hydrogens (tertiary/aromatic N) is 3. The van der Waals surface area contributed by atoms with Gasteiger partial charge in [0.2, 0.25) is 0 Å². The van der Waals surface area contributed by atoms with Crippen molar-refractivity contribution in [2.24, 2.45) is 0 Å². The van der Waals surface area contributed by atoms with E-state index in [0.717, 1.165) is 36.0 Å². The Labute approximate surface area is 123 Å². The van der Waals surface area contributed by atoms with Crippen molar-refractivity contribution >= 4 is 23.0 Å². The molecule has 1 aliphatic heterocycles. The molecule has 3 heterocycles. The maximum atomic E-state index is 4.69. The molecule has 4 nitrogen and oxygen atoms in total. The lowest BCUT2D eigenvalue weighted by Crippen LogP contribution is -2.34. The van der Waals surface area contributed by atoms with Gasteiger partial charge in [-0.1, -0.05) is 0 Å². The molecule has 1 unspecified atom stereocenters. The van der Waals surface area contributed by atoms with E-state index in [1.807, 2.05) is 25.3 Å². The summed E-state index contributed by atoms with van der Waals surface area (Å²) in [6.07, 6.45) is 1.11. The smallest absolute Gasteiger partial charge is 0.137 e. The lowest BCUT2D eigenvalue weighted by atomic mass is 10.0. The van der Waals surface area contributed by atoms with Gasteiger partial charge in [-0.15, -0.1) is 11.3 Å². The van der Waals surface area contributed by atoms with Crippen LogP contribution in [0.5, 0.6) is 0 Å². The van der Waals surface area contributed by atoms with Gasteiger partial charge in [-0.2, -0.15) is 0 Å². The van der Waals surface area contributed by atoms with E-state index in [0.29, 0.717) is 6.04 Å². The molecule has 2 aromatic rings. The highest BCUT2D eigenvalue weighted by molar-refractivity contribution is 7.10. The van der Waals surface area contributed by atoms with Crippen LogP contribution in [0.2, 0.25) is 0 Å². The minimum Gasteiger partial charge on any atom is -0.373 e. The zero-order valence-corrected chi connectivity index (χ0v) is 13.2. The minimum atomic E-state index is 0.378. The fraction of sp³-hybridized carbons (Fsp3) is 0.467. The second-order valence-electron chi connectivity index (χ2n) is 5.24. The van der Waals surface area contributed by atoms with Gasteiger partial charge in [0.15, 0.2) is 0 Å². The Morgan fingerprint density at radius 2 is 2.15 bits per heavy atom. The molecule has 106 valence electrons. The molecule has 1 atom stereocenters. The first-order valence-corrected chi connectivity index (χ1v) is 7.85. The zero-order chi connectivity index (χ0) is 14.3. The van der Waals surface area contributed by atoms with Gasteiger partial charge < -0.3 is 10.2 Å². The highest BCUT2D eigenvalue weighted by atomic mass is 32.1. The molecular formula is C15H20N4S. The topological polar surface area (TPSA) is 41.1 Å². The molecule has 0 amide bonds. The molecule has 2 aromatic heterocycles. The number of aromatic nitrogens is 2. The normalized spacial score (nSPS) is 18.0. The van der Waals surface area contributed by atoms with Crippen molar-refractivity contribution in [2.45, 2.75) is 33.2 Å². The molecule has 0 saturated carbocycles. The summed E-state index contributed by atoms with van der Waals surface area (Å²) in [6.45, 7) is 7.33. The fourth-order valence-corrected chi connectivity index (χ4v) is 3.90. The van der Waals surface area contributed by atoms with Crippen molar-refractivity contribution in [1.82, 2.24) is 9.97 Å². The lowest BCUT2D eigenvalue weighted by molar-refractivity contribution is 0.621. The summed E-state index contributed by atoms with van der Waals surface area (Å²) in [7, 11) is 1.91. The van der Waals surface area contributed by atoms with Crippen molar-refractivity contribution in [3.63, 3.8) is 0 Å². The summed E-state index contributed by atoms with van der Waals surface area (Å²) < 4.78 is 0. The van der Waals surface area contributed by atoms with Crippen LogP contribution in [0, 0.1) is 13.8 Å². The molecule has 0 bridgehead atoms. The number of fused-ring (bicyclic) bond motifs is 1. The molecule has 20 heavy (non-hydrogen) atoms. The van der Waals surface area contributed by atoms with Crippen molar-refractivity contribution in [3.8, 4) is 0 Å². The van der Waals surface area contributed by atoms with Crippen LogP contribution >= 0.6 is 11.3 Å². The van der Waals surface area contributed by atoms with Crippen molar-refractivity contribution in [2.75, 3.05) is 23.8 Å². The molecule has 0 aromatic carbocycles. The molecule has 0 fully saturated rings. The molecule has 1 N–H and O–H groups in total. The molecule has 0 aliphatic carbocycles. The van der Waals surface area contributed by atoms with Crippen LogP contribution < -0.4 is 10.2 Å². The third kappa shape index (κ3) is 2.06. The number of anilines is 2. The van der Waals surface area contributed by atoms with Crippen LogP contribution in [0.1, 0.15) is 34.8 Å². The summed E-state index contributed by atoms with van der Waals surface area (Å²) in [4.78, 5) is 13.1. The predicted octanol–water partition coefficient (Wildman–Crippen LogP) is 3.32. The Bertz CT molecular complexity index is 635. The fourth-order valence-electron chi connectivity index (χ4n) is 2.94. The maximum Gasteiger partial charge on any atom is 0.137 e. The first kappa shape index (κ1) is 13.4. The van der Waals surface area contributed by atoms with Crippen molar-refractivity contribution in [3.05, 3.63) is 33.3 Å². The summed E-state index contributed by atoms with van der Waals surface area (Å²) in [5.41, 5.74) is 2.58. The van der Waals surface area contributed by atoms with Gasteiger partial charge in [0, 0.05) is 24.0 Å². The summed E-state index contributed by atoms with van der Waals surface area (Å²) in [5.74, 6) is 2.81. The number of rotatable bonds is 2. The van der Waals surface area contributed by atoms with Crippen LogP contribution in [-0.2, 0) is 6.42 Å². The quantitative estimate of drug-likeness (QED) is 0.920. The number of aryl methyl sites for hydroxylation is 1. The molecule has 0 radical (unpaired) electrons. The maximum absolute atomic E-state index is 4.69. The van der Waals surface area contributed by atoms with Crippen molar-refractivity contribution < 1.29 is 0 Å². The van der Waals surface area contributed by atoms with Gasteiger partial charge in [0.25, 0.3) is 0 Å². The molecule has 1 aliphatic rings. The van der Waals surface area contributed by atoms with Crippen LogP contribution in [0.15, 0.2) is 11.4 Å². The lowest BCUT2D eigenvalue weighted by Gasteiger charge is -2.35. The largest absolute Gasteiger partial charge is 0.373 e. The van der Waals surface area contributed by atoms with E-state index in [2.05, 4.69) is 40.5 Å². The third-order valence-corrected chi connectivity index (χ3v) is 5.01. The second-order valence-corrected chi connectivity index (χ2v) is 6.24. The minimum absolute atomic E-state index is 0.378. The van der Waals surface area contributed by atoms with Crippen LogP contribution in [0.25, 0.3) is 0 Å². The Morgan fingerprint density at radius 3 is 2.90 bits per heavy atom. The van der Waals surface area contributed by atoms with Gasteiger partial charge in [-0.25, -0.2) is 9.97 Å². The second kappa shape index (κ2) is 5.05. The van der Waals surface area contributed by atoms with Crippen molar-refractivity contribution in [1.29, 1.82) is 0 Å². The monoisotopic (exact) mass is 288 g/mol. The Morgan fingerprint density at radius 1 is 1.35 bits per heavy atom. The van der Waals surface area contributed by atoms with E-state index in [1.165, 1.54) is 10.4 Å². The Balaban J connectivity index is 2.04. The third-order valence-electron chi connectivity index (χ3n) is 4.02. The number of hydrogen-bond acceptors (Lipinski definition) is 5. The number of thiophene rings is 1. The first-order chi connectivity index (χ1) is 9.61. The van der Waals surface area contributed by atoms with E-state index < -0.39 is 0 Å². The highest BCUT2D eigenvalue weighted by Crippen LogP contribution is 2.37.